The fourth-order valence-corrected chi connectivity index (χ4v) is 1.94. The van der Waals surface area contributed by atoms with Crippen LogP contribution >= 0.6 is 0 Å². The second-order valence-electron chi connectivity index (χ2n) is 4.66. The highest BCUT2D eigenvalue weighted by Crippen LogP contribution is 2.28. The lowest BCUT2D eigenvalue weighted by molar-refractivity contribution is 0.0695. The second-order valence-corrected chi connectivity index (χ2v) is 4.66. The van der Waals surface area contributed by atoms with Crippen LogP contribution in [0.3, 0.4) is 0 Å². The third-order valence-electron chi connectivity index (χ3n) is 2.83. The van der Waals surface area contributed by atoms with Crippen LogP contribution in [0, 0.1) is 5.82 Å². The number of nitrogens with zero attached hydrogens (tertiary/aromatic N) is 2. The molecule has 0 bridgehead atoms. The Morgan fingerprint density at radius 2 is 1.85 bits per heavy atom. The zero-order valence-electron chi connectivity index (χ0n) is 11.1. The van der Waals surface area contributed by atoms with E-state index in [1.165, 1.54) is 24.3 Å². The predicted molar refractivity (Wildman–Crippen MR) is 72.9 cm³/mol. The van der Waals surface area contributed by atoms with Gasteiger partial charge in [0.25, 0.3) is 0 Å². The van der Waals surface area contributed by atoms with Crippen LogP contribution in [0.4, 0.5) is 10.3 Å². The molecule has 0 aliphatic heterocycles. The van der Waals surface area contributed by atoms with Crippen molar-refractivity contribution in [2.45, 2.75) is 19.8 Å². The molecular formula is C14H14FN3O2. The van der Waals surface area contributed by atoms with E-state index in [4.69, 9.17) is 5.73 Å². The zero-order chi connectivity index (χ0) is 14.9. The fraction of sp³-hybridized carbons (Fsp3) is 0.214. The molecule has 6 heteroatoms. The summed E-state index contributed by atoms with van der Waals surface area (Å²) in [5.74, 6) is -1.66. The number of benzene rings is 1. The molecule has 0 fully saturated rings. The average molecular weight is 275 g/mol. The summed E-state index contributed by atoms with van der Waals surface area (Å²) in [5.41, 5.74) is 6.70. The summed E-state index contributed by atoms with van der Waals surface area (Å²) >= 11 is 0. The minimum atomic E-state index is -1.13. The SMILES string of the molecule is CC(C)c1nc(N)nc(-c2ccc(F)cc2)c1C(=O)O. The molecule has 104 valence electrons. The molecule has 5 nitrogen and oxygen atoms in total. The van der Waals surface area contributed by atoms with Crippen LogP contribution in [0.1, 0.15) is 35.8 Å². The number of carbonyl (C=O) groups is 1. The Bertz CT molecular complexity index is 654. The second kappa shape index (κ2) is 5.24. The van der Waals surface area contributed by atoms with Crippen molar-refractivity contribution in [2.24, 2.45) is 0 Å². The lowest BCUT2D eigenvalue weighted by Gasteiger charge is -2.13. The maximum Gasteiger partial charge on any atom is 0.339 e. The summed E-state index contributed by atoms with van der Waals surface area (Å²) in [6.07, 6.45) is 0. The van der Waals surface area contributed by atoms with Gasteiger partial charge in [0.05, 0.1) is 11.4 Å². The normalized spacial score (nSPS) is 10.8. The number of hydrogen-bond acceptors (Lipinski definition) is 4. The summed E-state index contributed by atoms with van der Waals surface area (Å²) in [5, 5.41) is 9.41. The van der Waals surface area contributed by atoms with E-state index >= 15 is 0 Å². The number of hydrogen-bond donors (Lipinski definition) is 2. The number of carboxylic acids is 1. The molecule has 0 amide bonds. The van der Waals surface area contributed by atoms with E-state index in [0.29, 0.717) is 11.3 Å². The van der Waals surface area contributed by atoms with Gasteiger partial charge in [0.1, 0.15) is 11.4 Å². The van der Waals surface area contributed by atoms with E-state index in [0.717, 1.165) is 0 Å². The van der Waals surface area contributed by atoms with Gasteiger partial charge in [-0.15, -0.1) is 0 Å². The van der Waals surface area contributed by atoms with E-state index in [-0.39, 0.29) is 23.1 Å². The van der Waals surface area contributed by atoms with Crippen molar-refractivity contribution in [1.82, 2.24) is 9.97 Å². The first-order valence-electron chi connectivity index (χ1n) is 6.06. The lowest BCUT2D eigenvalue weighted by Crippen LogP contribution is -2.13. The molecule has 1 aromatic carbocycles. The van der Waals surface area contributed by atoms with Crippen LogP contribution in [-0.4, -0.2) is 21.0 Å². The molecular weight excluding hydrogens is 261 g/mol. The Morgan fingerprint density at radius 3 is 2.35 bits per heavy atom. The Morgan fingerprint density at radius 1 is 1.25 bits per heavy atom. The highest BCUT2D eigenvalue weighted by Gasteiger charge is 2.22. The molecule has 0 aliphatic carbocycles. The van der Waals surface area contributed by atoms with Gasteiger partial charge < -0.3 is 10.8 Å². The Balaban J connectivity index is 2.74. The number of aromatic carboxylic acids is 1. The minimum Gasteiger partial charge on any atom is -0.478 e. The number of nitrogens with two attached hydrogens (primary N) is 1. The number of halogens is 1. The van der Waals surface area contributed by atoms with Crippen LogP contribution in [0.25, 0.3) is 11.3 Å². The van der Waals surface area contributed by atoms with Gasteiger partial charge >= 0.3 is 5.97 Å². The predicted octanol–water partition coefficient (Wildman–Crippen LogP) is 2.69. The standard InChI is InChI=1S/C14H14FN3O2/c1-7(2)11-10(13(19)20)12(18-14(16)17-11)8-3-5-9(15)6-4-8/h3-7H,1-2H3,(H,19,20)(H2,16,17,18). The van der Waals surface area contributed by atoms with E-state index in [1.54, 1.807) is 0 Å². The van der Waals surface area contributed by atoms with Crippen LogP contribution in [0.15, 0.2) is 24.3 Å². The minimum absolute atomic E-state index is 0.000748. The summed E-state index contributed by atoms with van der Waals surface area (Å²) in [6.45, 7) is 3.64. The van der Waals surface area contributed by atoms with Gasteiger partial charge in [-0.2, -0.15) is 0 Å². The van der Waals surface area contributed by atoms with Crippen molar-refractivity contribution in [3.05, 3.63) is 41.3 Å². The van der Waals surface area contributed by atoms with E-state index in [9.17, 15) is 14.3 Å². The lowest BCUT2D eigenvalue weighted by atomic mass is 9.98. The molecule has 0 aliphatic rings. The van der Waals surface area contributed by atoms with Gasteiger partial charge in [0, 0.05) is 5.56 Å². The Kier molecular flexibility index (Phi) is 3.65. The van der Waals surface area contributed by atoms with Crippen LogP contribution in [0.5, 0.6) is 0 Å². The molecule has 3 N–H and O–H groups in total. The summed E-state index contributed by atoms with van der Waals surface area (Å²) in [6, 6.07) is 5.42. The third-order valence-corrected chi connectivity index (χ3v) is 2.83. The van der Waals surface area contributed by atoms with Crippen LogP contribution < -0.4 is 5.73 Å². The van der Waals surface area contributed by atoms with Crippen molar-refractivity contribution in [2.75, 3.05) is 5.73 Å². The molecule has 1 aromatic heterocycles. The van der Waals surface area contributed by atoms with Crippen molar-refractivity contribution in [3.8, 4) is 11.3 Å². The number of carboxylic acid groups (broad SMARTS) is 1. The number of nitrogen functional groups attached to an aromatic ring is 1. The highest BCUT2D eigenvalue weighted by atomic mass is 19.1. The monoisotopic (exact) mass is 275 g/mol. The van der Waals surface area contributed by atoms with Crippen molar-refractivity contribution >= 4 is 11.9 Å². The van der Waals surface area contributed by atoms with E-state index in [1.807, 2.05) is 13.8 Å². The molecule has 2 rings (SSSR count). The summed E-state index contributed by atoms with van der Waals surface area (Å²) in [4.78, 5) is 19.5. The molecule has 0 saturated carbocycles. The molecule has 20 heavy (non-hydrogen) atoms. The zero-order valence-corrected chi connectivity index (χ0v) is 11.1. The van der Waals surface area contributed by atoms with Crippen molar-refractivity contribution in [3.63, 3.8) is 0 Å². The quantitative estimate of drug-likeness (QED) is 0.898. The molecule has 0 unspecified atom stereocenters. The molecule has 1 heterocycles. The Labute approximate surface area is 115 Å². The summed E-state index contributed by atoms with van der Waals surface area (Å²) < 4.78 is 13.0. The molecule has 0 radical (unpaired) electrons. The topological polar surface area (TPSA) is 89.1 Å². The number of anilines is 1. The van der Waals surface area contributed by atoms with Gasteiger partial charge in [-0.25, -0.2) is 19.2 Å². The van der Waals surface area contributed by atoms with Crippen molar-refractivity contribution in [1.29, 1.82) is 0 Å². The van der Waals surface area contributed by atoms with Gasteiger partial charge in [-0.3, -0.25) is 0 Å². The van der Waals surface area contributed by atoms with Gasteiger partial charge in [0.2, 0.25) is 5.95 Å². The third kappa shape index (κ3) is 2.59. The van der Waals surface area contributed by atoms with E-state index < -0.39 is 11.8 Å². The van der Waals surface area contributed by atoms with Gasteiger partial charge in [-0.05, 0) is 30.2 Å². The first-order valence-corrected chi connectivity index (χ1v) is 6.06. The molecule has 0 saturated heterocycles. The number of aromatic nitrogens is 2. The Hall–Kier alpha value is -2.50. The summed E-state index contributed by atoms with van der Waals surface area (Å²) in [7, 11) is 0. The van der Waals surface area contributed by atoms with Crippen molar-refractivity contribution < 1.29 is 14.3 Å². The largest absolute Gasteiger partial charge is 0.478 e. The maximum absolute atomic E-state index is 13.0. The molecule has 2 aromatic rings. The fourth-order valence-electron chi connectivity index (χ4n) is 1.94. The molecule has 0 atom stereocenters. The average Bonchev–Trinajstić information content (AvgIpc) is 2.38. The highest BCUT2D eigenvalue weighted by molar-refractivity contribution is 5.96. The van der Waals surface area contributed by atoms with Crippen LogP contribution in [0.2, 0.25) is 0 Å². The smallest absolute Gasteiger partial charge is 0.339 e. The number of rotatable bonds is 3. The van der Waals surface area contributed by atoms with Gasteiger partial charge in [-0.1, -0.05) is 13.8 Å². The molecule has 0 spiro atoms. The van der Waals surface area contributed by atoms with Gasteiger partial charge in [0.15, 0.2) is 0 Å². The first-order chi connectivity index (χ1) is 9.40. The maximum atomic E-state index is 13.0. The van der Waals surface area contributed by atoms with Crippen LogP contribution in [-0.2, 0) is 0 Å². The first kappa shape index (κ1) is 13.9. The van der Waals surface area contributed by atoms with E-state index in [2.05, 4.69) is 9.97 Å².